The van der Waals surface area contributed by atoms with E-state index in [1.54, 1.807) is 35.4 Å². The minimum Gasteiger partial charge on any atom is -0.347 e. The van der Waals surface area contributed by atoms with E-state index in [1.807, 2.05) is 6.07 Å². The Morgan fingerprint density at radius 2 is 2.14 bits per heavy atom. The normalized spacial score (nSPS) is 16.6. The number of nitrogens with zero attached hydrogens (tertiary/aromatic N) is 2. The number of nitrogens with one attached hydrogen (secondary N) is 1. The lowest BCUT2D eigenvalue weighted by molar-refractivity contribution is -0.122. The number of imidazole rings is 1. The van der Waals surface area contributed by atoms with Crippen molar-refractivity contribution in [3.8, 4) is 0 Å². The van der Waals surface area contributed by atoms with Crippen molar-refractivity contribution in [2.75, 3.05) is 0 Å². The highest BCUT2D eigenvalue weighted by Gasteiger charge is 2.29. The fraction of sp³-hybridized carbons (Fsp3) is 0.412. The molecule has 0 spiro atoms. The maximum atomic E-state index is 14.2. The zero-order valence-corrected chi connectivity index (χ0v) is 12.4. The number of carbonyl (C=O) groups excluding carboxylic acids is 1. The first kappa shape index (κ1) is 14.8. The van der Waals surface area contributed by atoms with Gasteiger partial charge in [-0.05, 0) is 24.8 Å². The van der Waals surface area contributed by atoms with Gasteiger partial charge in [0.25, 0.3) is 0 Å². The van der Waals surface area contributed by atoms with Crippen LogP contribution in [0.5, 0.6) is 0 Å². The fourth-order valence-electron chi connectivity index (χ4n) is 3.23. The minimum absolute atomic E-state index is 0.113. The van der Waals surface area contributed by atoms with Gasteiger partial charge in [-0.3, -0.25) is 4.79 Å². The highest BCUT2D eigenvalue weighted by atomic mass is 19.1. The lowest BCUT2D eigenvalue weighted by Crippen LogP contribution is -2.35. The van der Waals surface area contributed by atoms with Crippen LogP contribution in [0.2, 0.25) is 0 Å². The summed E-state index contributed by atoms with van der Waals surface area (Å²) in [6, 6.07) is 6.48. The maximum absolute atomic E-state index is 14.2. The molecule has 0 radical (unpaired) electrons. The van der Waals surface area contributed by atoms with Crippen molar-refractivity contribution in [1.29, 1.82) is 0 Å². The molecule has 116 valence electrons. The van der Waals surface area contributed by atoms with Gasteiger partial charge in [0.15, 0.2) is 0 Å². The quantitative estimate of drug-likeness (QED) is 0.922. The molecule has 2 aromatic rings. The highest BCUT2D eigenvalue weighted by Crippen LogP contribution is 2.36. The first-order valence-corrected chi connectivity index (χ1v) is 7.73. The zero-order chi connectivity index (χ0) is 15.4. The summed E-state index contributed by atoms with van der Waals surface area (Å²) in [7, 11) is 0. The molecule has 1 aromatic carbocycles. The van der Waals surface area contributed by atoms with Crippen molar-refractivity contribution >= 4 is 5.91 Å². The monoisotopic (exact) mass is 301 g/mol. The van der Waals surface area contributed by atoms with E-state index in [9.17, 15) is 9.18 Å². The Morgan fingerprint density at radius 1 is 1.36 bits per heavy atom. The SMILES string of the molecule is O=C(Cn1ccnc1)N[C@H](c1ccccc1F)C1CCCC1. The molecule has 0 bridgehead atoms. The van der Waals surface area contributed by atoms with E-state index in [0.717, 1.165) is 25.7 Å². The first-order valence-electron chi connectivity index (χ1n) is 7.73. The summed E-state index contributed by atoms with van der Waals surface area (Å²) in [5.41, 5.74) is 0.591. The molecule has 1 fully saturated rings. The predicted molar refractivity (Wildman–Crippen MR) is 81.5 cm³/mol. The Hall–Kier alpha value is -2.17. The smallest absolute Gasteiger partial charge is 0.240 e. The Morgan fingerprint density at radius 3 is 2.82 bits per heavy atom. The third-order valence-electron chi connectivity index (χ3n) is 4.31. The van der Waals surface area contributed by atoms with Crippen LogP contribution in [-0.2, 0) is 11.3 Å². The summed E-state index contributed by atoms with van der Waals surface area (Å²) in [6.07, 6.45) is 9.34. The number of carbonyl (C=O) groups is 1. The van der Waals surface area contributed by atoms with Crippen LogP contribution in [0, 0.1) is 11.7 Å². The molecule has 4 nitrogen and oxygen atoms in total. The second-order valence-electron chi connectivity index (χ2n) is 5.85. The van der Waals surface area contributed by atoms with E-state index in [4.69, 9.17) is 0 Å². The van der Waals surface area contributed by atoms with Crippen LogP contribution in [0.25, 0.3) is 0 Å². The van der Waals surface area contributed by atoms with Crippen LogP contribution >= 0.6 is 0 Å². The summed E-state index contributed by atoms with van der Waals surface area (Å²) >= 11 is 0. The zero-order valence-electron chi connectivity index (χ0n) is 12.4. The van der Waals surface area contributed by atoms with Crippen molar-refractivity contribution in [3.05, 3.63) is 54.4 Å². The van der Waals surface area contributed by atoms with Crippen molar-refractivity contribution in [3.63, 3.8) is 0 Å². The molecule has 1 aromatic heterocycles. The third kappa shape index (κ3) is 3.35. The summed E-state index contributed by atoms with van der Waals surface area (Å²) < 4.78 is 15.9. The Balaban J connectivity index is 1.76. The molecule has 3 rings (SSSR count). The Kier molecular flexibility index (Phi) is 4.51. The van der Waals surface area contributed by atoms with E-state index in [2.05, 4.69) is 10.3 Å². The van der Waals surface area contributed by atoms with E-state index < -0.39 is 0 Å². The van der Waals surface area contributed by atoms with E-state index in [1.165, 1.54) is 6.07 Å². The number of amides is 1. The number of aromatic nitrogens is 2. The second-order valence-corrected chi connectivity index (χ2v) is 5.85. The van der Waals surface area contributed by atoms with Gasteiger partial charge in [0, 0.05) is 18.0 Å². The second kappa shape index (κ2) is 6.73. The largest absolute Gasteiger partial charge is 0.347 e. The van der Waals surface area contributed by atoms with Gasteiger partial charge < -0.3 is 9.88 Å². The van der Waals surface area contributed by atoms with Crippen LogP contribution in [0.1, 0.15) is 37.3 Å². The van der Waals surface area contributed by atoms with Gasteiger partial charge in [-0.25, -0.2) is 9.37 Å². The molecule has 1 heterocycles. The van der Waals surface area contributed by atoms with Gasteiger partial charge in [0.1, 0.15) is 12.4 Å². The number of rotatable bonds is 5. The molecule has 1 N–H and O–H groups in total. The summed E-state index contributed by atoms with van der Waals surface area (Å²) in [4.78, 5) is 16.2. The van der Waals surface area contributed by atoms with E-state index in [0.29, 0.717) is 11.5 Å². The number of hydrogen-bond acceptors (Lipinski definition) is 2. The van der Waals surface area contributed by atoms with Crippen LogP contribution in [0.4, 0.5) is 4.39 Å². The Labute approximate surface area is 129 Å². The van der Waals surface area contributed by atoms with Gasteiger partial charge in [-0.1, -0.05) is 31.0 Å². The van der Waals surface area contributed by atoms with Gasteiger partial charge in [-0.15, -0.1) is 0 Å². The average Bonchev–Trinajstić information content (AvgIpc) is 3.19. The van der Waals surface area contributed by atoms with Crippen molar-refractivity contribution < 1.29 is 9.18 Å². The Bertz CT molecular complexity index is 621. The van der Waals surface area contributed by atoms with Gasteiger partial charge in [0.05, 0.1) is 12.4 Å². The highest BCUT2D eigenvalue weighted by molar-refractivity contribution is 5.76. The molecule has 1 amide bonds. The molecule has 5 heteroatoms. The standard InChI is InChI=1S/C17H20FN3O/c18-15-8-4-3-7-14(15)17(13-5-1-2-6-13)20-16(22)11-21-10-9-19-12-21/h3-4,7-10,12-13,17H,1-2,5-6,11H2,(H,20,22)/t17-/m0/s1. The molecular formula is C17H20FN3O. The molecular weight excluding hydrogens is 281 g/mol. The molecule has 0 unspecified atom stereocenters. The molecule has 1 aliphatic carbocycles. The average molecular weight is 301 g/mol. The number of hydrogen-bond donors (Lipinski definition) is 1. The van der Waals surface area contributed by atoms with E-state index in [-0.39, 0.29) is 24.3 Å². The van der Waals surface area contributed by atoms with E-state index >= 15 is 0 Å². The summed E-state index contributed by atoms with van der Waals surface area (Å²) in [6.45, 7) is 0.206. The van der Waals surface area contributed by atoms with Crippen molar-refractivity contribution in [1.82, 2.24) is 14.9 Å². The van der Waals surface area contributed by atoms with Crippen molar-refractivity contribution in [2.24, 2.45) is 5.92 Å². The predicted octanol–water partition coefficient (Wildman–Crippen LogP) is 3.07. The van der Waals surface area contributed by atoms with Crippen molar-refractivity contribution in [2.45, 2.75) is 38.3 Å². The first-order chi connectivity index (χ1) is 10.7. The lowest BCUT2D eigenvalue weighted by Gasteiger charge is -2.25. The van der Waals surface area contributed by atoms with Gasteiger partial charge >= 0.3 is 0 Å². The van der Waals surface area contributed by atoms with Gasteiger partial charge in [-0.2, -0.15) is 0 Å². The summed E-state index contributed by atoms with van der Waals surface area (Å²) in [5.74, 6) is -0.0517. The van der Waals surface area contributed by atoms with Crippen LogP contribution in [0.3, 0.4) is 0 Å². The van der Waals surface area contributed by atoms with Gasteiger partial charge in [0.2, 0.25) is 5.91 Å². The topological polar surface area (TPSA) is 46.9 Å². The van der Waals surface area contributed by atoms with Crippen LogP contribution in [0.15, 0.2) is 43.0 Å². The fourth-order valence-corrected chi connectivity index (χ4v) is 3.23. The molecule has 0 saturated heterocycles. The lowest BCUT2D eigenvalue weighted by atomic mass is 9.91. The van der Waals surface area contributed by atoms with Crippen LogP contribution < -0.4 is 5.32 Å². The van der Waals surface area contributed by atoms with Crippen LogP contribution in [-0.4, -0.2) is 15.5 Å². The molecule has 1 saturated carbocycles. The summed E-state index contributed by atoms with van der Waals surface area (Å²) in [5, 5.41) is 3.03. The maximum Gasteiger partial charge on any atom is 0.240 e. The molecule has 1 atom stereocenters. The number of halogens is 1. The molecule has 1 aliphatic rings. The number of benzene rings is 1. The molecule has 0 aliphatic heterocycles. The molecule has 22 heavy (non-hydrogen) atoms. The minimum atomic E-state index is -0.250. The third-order valence-corrected chi connectivity index (χ3v) is 4.31.